The average molecular weight is 561 g/mol. The largest absolute Gasteiger partial charge is 0.507 e. The smallest absolute Gasteiger partial charge is 0.295 e. The molecular formula is C27H33BrN2O6. The van der Waals surface area contributed by atoms with E-state index in [9.17, 15) is 19.8 Å². The fourth-order valence-corrected chi connectivity index (χ4v) is 4.72. The molecule has 2 aromatic rings. The molecule has 0 aromatic heterocycles. The molecule has 194 valence electrons. The Balaban J connectivity index is 2.16. The Labute approximate surface area is 220 Å². The lowest BCUT2D eigenvalue weighted by atomic mass is 9.95. The maximum absolute atomic E-state index is 13.3. The summed E-state index contributed by atoms with van der Waals surface area (Å²) in [6.07, 6.45) is 0.825. The lowest BCUT2D eigenvalue weighted by Gasteiger charge is -2.28. The van der Waals surface area contributed by atoms with E-state index < -0.39 is 17.7 Å². The van der Waals surface area contributed by atoms with Crippen LogP contribution in [0.4, 0.5) is 0 Å². The molecule has 0 radical (unpaired) electrons. The first-order valence-corrected chi connectivity index (χ1v) is 12.9. The second-order valence-electron chi connectivity index (χ2n) is 8.45. The van der Waals surface area contributed by atoms with Gasteiger partial charge < -0.3 is 29.5 Å². The van der Waals surface area contributed by atoms with Crippen LogP contribution in [0.2, 0.25) is 0 Å². The van der Waals surface area contributed by atoms with Crippen molar-refractivity contribution in [1.29, 1.82) is 0 Å². The zero-order chi connectivity index (χ0) is 26.4. The summed E-state index contributed by atoms with van der Waals surface area (Å²) >= 11 is 3.33. The van der Waals surface area contributed by atoms with E-state index in [1.807, 2.05) is 20.8 Å². The highest BCUT2D eigenvalue weighted by Crippen LogP contribution is 2.44. The number of aliphatic hydroxyl groups excluding tert-OH is 1. The summed E-state index contributed by atoms with van der Waals surface area (Å²) in [6, 6.07) is 9.16. The fraction of sp³-hybridized carbons (Fsp3) is 0.407. The van der Waals surface area contributed by atoms with Gasteiger partial charge in [0.25, 0.3) is 11.7 Å². The van der Waals surface area contributed by atoms with Crippen LogP contribution in [0.3, 0.4) is 0 Å². The Morgan fingerprint density at radius 3 is 2.50 bits per heavy atom. The van der Waals surface area contributed by atoms with Gasteiger partial charge in [-0.05, 0) is 65.3 Å². The first kappa shape index (κ1) is 27.5. The summed E-state index contributed by atoms with van der Waals surface area (Å²) in [5.41, 5.74) is 0.877. The molecule has 1 amide bonds. The summed E-state index contributed by atoms with van der Waals surface area (Å²) in [7, 11) is 1.42. The van der Waals surface area contributed by atoms with E-state index in [2.05, 4.69) is 20.8 Å². The van der Waals surface area contributed by atoms with Gasteiger partial charge in [0, 0.05) is 18.7 Å². The number of phenols is 1. The van der Waals surface area contributed by atoms with Gasteiger partial charge >= 0.3 is 0 Å². The van der Waals surface area contributed by atoms with Crippen LogP contribution in [0.15, 0.2) is 46.4 Å². The minimum absolute atomic E-state index is 0.0215. The van der Waals surface area contributed by atoms with E-state index in [0.717, 1.165) is 19.5 Å². The van der Waals surface area contributed by atoms with Crippen molar-refractivity contribution in [3.05, 3.63) is 57.6 Å². The van der Waals surface area contributed by atoms with Gasteiger partial charge in [-0.15, -0.1) is 0 Å². The van der Waals surface area contributed by atoms with Crippen LogP contribution in [-0.4, -0.2) is 71.6 Å². The van der Waals surface area contributed by atoms with E-state index in [1.165, 1.54) is 12.0 Å². The van der Waals surface area contributed by atoms with Crippen LogP contribution < -0.4 is 9.47 Å². The molecule has 2 aromatic carbocycles. The van der Waals surface area contributed by atoms with Crippen molar-refractivity contribution in [3.63, 3.8) is 0 Å². The number of carbonyl (C=O) groups excluding carboxylic acids is 2. The highest BCUT2D eigenvalue weighted by molar-refractivity contribution is 9.10. The number of hydrogen-bond donors (Lipinski definition) is 2. The van der Waals surface area contributed by atoms with Crippen molar-refractivity contribution in [3.8, 4) is 17.2 Å². The highest BCUT2D eigenvalue weighted by Gasteiger charge is 2.46. The van der Waals surface area contributed by atoms with Crippen molar-refractivity contribution < 1.29 is 29.3 Å². The second kappa shape index (κ2) is 12.3. The predicted molar refractivity (Wildman–Crippen MR) is 141 cm³/mol. The number of halogens is 1. The van der Waals surface area contributed by atoms with Crippen molar-refractivity contribution in [2.75, 3.05) is 39.9 Å². The number of benzene rings is 2. The molecule has 1 saturated heterocycles. The van der Waals surface area contributed by atoms with Crippen LogP contribution >= 0.6 is 15.9 Å². The third kappa shape index (κ3) is 5.68. The van der Waals surface area contributed by atoms with Crippen molar-refractivity contribution in [2.24, 2.45) is 0 Å². The number of aliphatic hydroxyl groups is 1. The Morgan fingerprint density at radius 2 is 1.86 bits per heavy atom. The van der Waals surface area contributed by atoms with Crippen molar-refractivity contribution in [2.45, 2.75) is 33.2 Å². The molecule has 0 spiro atoms. The van der Waals surface area contributed by atoms with Crippen LogP contribution in [0.25, 0.3) is 5.76 Å². The van der Waals surface area contributed by atoms with Crippen LogP contribution in [-0.2, 0) is 9.59 Å². The van der Waals surface area contributed by atoms with Crippen molar-refractivity contribution in [1.82, 2.24) is 9.80 Å². The minimum atomic E-state index is -0.869. The molecule has 1 unspecified atom stereocenters. The molecule has 1 aliphatic heterocycles. The molecule has 1 fully saturated rings. The number of hydrogen-bond acceptors (Lipinski definition) is 7. The molecule has 8 nitrogen and oxygen atoms in total. The lowest BCUT2D eigenvalue weighted by Crippen LogP contribution is -2.38. The predicted octanol–water partition coefficient (Wildman–Crippen LogP) is 4.72. The number of ether oxygens (including phenoxy) is 2. The zero-order valence-electron chi connectivity index (χ0n) is 21.1. The molecule has 36 heavy (non-hydrogen) atoms. The van der Waals surface area contributed by atoms with Gasteiger partial charge in [0.1, 0.15) is 11.5 Å². The Hall–Kier alpha value is -3.04. The maximum Gasteiger partial charge on any atom is 0.295 e. The Morgan fingerprint density at radius 1 is 1.14 bits per heavy atom. The van der Waals surface area contributed by atoms with Gasteiger partial charge in [-0.25, -0.2) is 0 Å². The summed E-state index contributed by atoms with van der Waals surface area (Å²) < 4.78 is 11.3. The van der Waals surface area contributed by atoms with Gasteiger partial charge in [0.2, 0.25) is 0 Å². The quantitative estimate of drug-likeness (QED) is 0.233. The lowest BCUT2D eigenvalue weighted by molar-refractivity contribution is -0.140. The average Bonchev–Trinajstić information content (AvgIpc) is 3.14. The molecule has 3 rings (SSSR count). The number of amides is 1. The summed E-state index contributed by atoms with van der Waals surface area (Å²) in [6.45, 7) is 9.02. The van der Waals surface area contributed by atoms with Crippen LogP contribution in [0.1, 0.15) is 44.4 Å². The van der Waals surface area contributed by atoms with E-state index in [1.54, 1.807) is 36.4 Å². The number of ketones is 1. The van der Waals surface area contributed by atoms with E-state index in [4.69, 9.17) is 9.47 Å². The van der Waals surface area contributed by atoms with E-state index in [-0.39, 0.29) is 29.4 Å². The summed E-state index contributed by atoms with van der Waals surface area (Å²) in [4.78, 5) is 30.2. The number of likely N-dealkylation sites (tertiary alicyclic amines) is 1. The number of phenolic OH excluding ortho intramolecular Hbond substituents is 1. The first-order chi connectivity index (χ1) is 17.3. The van der Waals surface area contributed by atoms with Crippen molar-refractivity contribution >= 4 is 33.4 Å². The third-order valence-corrected chi connectivity index (χ3v) is 6.86. The molecule has 0 bridgehead atoms. The number of likely N-dealkylation sites (N-methyl/N-ethyl adjacent to an activating group) is 1. The van der Waals surface area contributed by atoms with Crippen LogP contribution in [0.5, 0.6) is 17.2 Å². The molecule has 9 heteroatoms. The first-order valence-electron chi connectivity index (χ1n) is 12.1. The minimum Gasteiger partial charge on any atom is -0.507 e. The van der Waals surface area contributed by atoms with Gasteiger partial charge in [0.15, 0.2) is 11.5 Å². The van der Waals surface area contributed by atoms with E-state index >= 15 is 0 Å². The SMILES string of the molecule is CCCOc1cccc(/C(O)=C2\C(=O)C(=O)N(CCN(CC)CC)C2c2cc(Br)c(O)c(OC)c2)c1. The molecule has 0 saturated carbocycles. The summed E-state index contributed by atoms with van der Waals surface area (Å²) in [5, 5.41) is 21.7. The normalized spacial score (nSPS) is 17.2. The molecule has 1 heterocycles. The zero-order valence-corrected chi connectivity index (χ0v) is 22.7. The molecule has 2 N–H and O–H groups in total. The second-order valence-corrected chi connectivity index (χ2v) is 9.30. The Kier molecular flexibility index (Phi) is 9.39. The number of aromatic hydroxyl groups is 1. The number of nitrogens with zero attached hydrogens (tertiary/aromatic N) is 2. The van der Waals surface area contributed by atoms with Crippen LogP contribution in [0, 0.1) is 0 Å². The standard InChI is InChI=1S/C27H33BrN2O6/c1-5-13-36-19-10-8-9-17(14-19)24(31)22-23(18-15-20(28)25(32)21(16-18)35-4)30(27(34)26(22)33)12-11-29(6-2)7-3/h8-10,14-16,23,31-32H,5-7,11-13H2,1-4H3/b24-22+. The molecular weight excluding hydrogens is 528 g/mol. The van der Waals surface area contributed by atoms with Gasteiger partial charge in [-0.1, -0.05) is 32.9 Å². The molecule has 1 aliphatic rings. The number of carbonyl (C=O) groups is 2. The van der Waals surface area contributed by atoms with Gasteiger partial charge in [-0.2, -0.15) is 0 Å². The topological polar surface area (TPSA) is 99.5 Å². The Bertz CT molecular complexity index is 1150. The van der Waals surface area contributed by atoms with Gasteiger partial charge in [0.05, 0.1) is 29.8 Å². The number of rotatable bonds is 11. The monoisotopic (exact) mass is 560 g/mol. The highest BCUT2D eigenvalue weighted by atomic mass is 79.9. The third-order valence-electron chi connectivity index (χ3n) is 6.26. The fourth-order valence-electron chi connectivity index (χ4n) is 4.26. The number of Topliss-reactive ketones (excluding diaryl/α,β-unsaturated/α-hetero) is 1. The molecule has 0 aliphatic carbocycles. The molecule has 1 atom stereocenters. The van der Waals surface area contributed by atoms with Gasteiger partial charge in [-0.3, -0.25) is 9.59 Å². The van der Waals surface area contributed by atoms with E-state index in [0.29, 0.717) is 34.5 Å². The summed E-state index contributed by atoms with van der Waals surface area (Å²) in [5.74, 6) is -1.09. The maximum atomic E-state index is 13.3. The number of methoxy groups -OCH3 is 1.